The number of hydrogen-bond donors (Lipinski definition) is 2. The van der Waals surface area contributed by atoms with Gasteiger partial charge >= 0.3 is 0 Å². The minimum atomic E-state index is 0.0117. The van der Waals surface area contributed by atoms with E-state index in [2.05, 4.69) is 26.1 Å². The molecular weight excluding hydrogens is 292 g/mol. The van der Waals surface area contributed by atoms with Crippen LogP contribution in [-0.4, -0.2) is 20.6 Å². The van der Waals surface area contributed by atoms with Crippen LogP contribution in [0, 0.1) is 0 Å². The quantitative estimate of drug-likeness (QED) is 0.393. The molecule has 0 atom stereocenters. The molecule has 0 saturated carbocycles. The number of hydrogen-bond acceptors (Lipinski definition) is 4. The van der Waals surface area contributed by atoms with Gasteiger partial charge in [0, 0.05) is 21.7 Å². The van der Waals surface area contributed by atoms with E-state index >= 15 is 0 Å². The van der Waals surface area contributed by atoms with Gasteiger partial charge in [-0.25, -0.2) is 4.98 Å². The maximum atomic E-state index is 8.61. The Labute approximate surface area is 104 Å². The summed E-state index contributed by atoms with van der Waals surface area (Å²) in [4.78, 5) is 5.19. The van der Waals surface area contributed by atoms with Crippen LogP contribution in [0.2, 0.25) is 0 Å². The predicted molar refractivity (Wildman–Crippen MR) is 65.9 cm³/mol. The topological polar surface area (TPSA) is 76.4 Å². The van der Waals surface area contributed by atoms with Gasteiger partial charge in [0.15, 0.2) is 5.82 Å². The molecule has 0 amide bonds. The maximum Gasteiger partial charge on any atom is 0.206 e. The molecule has 0 bridgehead atoms. The van der Waals surface area contributed by atoms with E-state index in [0.29, 0.717) is 12.4 Å². The minimum Gasteiger partial charge on any atom is -0.409 e. The van der Waals surface area contributed by atoms with Gasteiger partial charge in [-0.2, -0.15) is 0 Å². The molecule has 84 valence electrons. The van der Waals surface area contributed by atoms with Gasteiger partial charge in [0.05, 0.1) is 6.54 Å². The summed E-state index contributed by atoms with van der Waals surface area (Å²) in [6, 6.07) is 1.99. The van der Waals surface area contributed by atoms with Gasteiger partial charge in [-0.1, -0.05) is 5.16 Å². The van der Waals surface area contributed by atoms with Crippen LogP contribution in [0.25, 0.3) is 0 Å². The Kier molecular flexibility index (Phi) is 3.25. The lowest BCUT2D eigenvalue weighted by Gasteiger charge is -2.05. The standard InChI is InChI=1S/C9H9BrN4OS/c10-6-1-4-16-7(6)5-14-3-2-12-9(14)8(11)13-15/h1-4,15H,5H2,(H2,11,13). The zero-order valence-corrected chi connectivity index (χ0v) is 10.6. The molecule has 2 heterocycles. The molecule has 0 radical (unpaired) electrons. The number of halogens is 1. The number of oxime groups is 1. The van der Waals surface area contributed by atoms with E-state index in [1.54, 1.807) is 23.7 Å². The van der Waals surface area contributed by atoms with Crippen molar-refractivity contribution in [3.05, 3.63) is 39.0 Å². The molecule has 0 saturated heterocycles. The zero-order valence-electron chi connectivity index (χ0n) is 8.17. The molecule has 2 rings (SSSR count). The molecule has 16 heavy (non-hydrogen) atoms. The average Bonchev–Trinajstić information content (AvgIpc) is 2.88. The van der Waals surface area contributed by atoms with E-state index in [1.807, 2.05) is 16.0 Å². The SMILES string of the molecule is NC(=NO)c1nccn1Cc1sccc1Br. The van der Waals surface area contributed by atoms with Crippen molar-refractivity contribution in [2.45, 2.75) is 6.54 Å². The third kappa shape index (κ3) is 2.10. The van der Waals surface area contributed by atoms with Crippen molar-refractivity contribution in [2.24, 2.45) is 10.9 Å². The van der Waals surface area contributed by atoms with Crippen LogP contribution in [0.15, 0.2) is 33.5 Å². The van der Waals surface area contributed by atoms with Crippen LogP contribution < -0.4 is 5.73 Å². The highest BCUT2D eigenvalue weighted by molar-refractivity contribution is 9.10. The average molecular weight is 301 g/mol. The van der Waals surface area contributed by atoms with E-state index in [1.165, 1.54) is 0 Å². The lowest BCUT2D eigenvalue weighted by Crippen LogP contribution is -2.19. The summed E-state index contributed by atoms with van der Waals surface area (Å²) in [6.45, 7) is 0.643. The summed E-state index contributed by atoms with van der Waals surface area (Å²) in [6.07, 6.45) is 3.41. The van der Waals surface area contributed by atoms with Crippen molar-refractivity contribution in [3.63, 3.8) is 0 Å². The summed E-state index contributed by atoms with van der Waals surface area (Å²) >= 11 is 5.09. The third-order valence-corrected chi connectivity index (χ3v) is 3.97. The van der Waals surface area contributed by atoms with E-state index in [9.17, 15) is 0 Å². The monoisotopic (exact) mass is 300 g/mol. The lowest BCUT2D eigenvalue weighted by molar-refractivity contribution is 0.318. The van der Waals surface area contributed by atoms with E-state index in [4.69, 9.17) is 10.9 Å². The third-order valence-electron chi connectivity index (χ3n) is 2.06. The van der Waals surface area contributed by atoms with Gasteiger partial charge in [0.2, 0.25) is 5.84 Å². The van der Waals surface area contributed by atoms with Crippen molar-refractivity contribution >= 4 is 33.1 Å². The van der Waals surface area contributed by atoms with Gasteiger partial charge in [0.25, 0.3) is 0 Å². The number of imidazole rings is 1. The Morgan fingerprint density at radius 1 is 1.69 bits per heavy atom. The number of amidine groups is 1. The largest absolute Gasteiger partial charge is 0.409 e. The molecule has 5 nitrogen and oxygen atoms in total. The fraction of sp³-hybridized carbons (Fsp3) is 0.111. The van der Waals surface area contributed by atoms with Crippen molar-refractivity contribution in [3.8, 4) is 0 Å². The fourth-order valence-corrected chi connectivity index (χ4v) is 2.78. The molecule has 2 aromatic rings. The zero-order chi connectivity index (χ0) is 11.5. The first-order valence-electron chi connectivity index (χ1n) is 4.43. The Hall–Kier alpha value is -1.34. The molecule has 3 N–H and O–H groups in total. The molecule has 0 aliphatic heterocycles. The molecule has 0 aliphatic rings. The van der Waals surface area contributed by atoms with Crippen LogP contribution in [0.3, 0.4) is 0 Å². The fourth-order valence-electron chi connectivity index (χ4n) is 1.31. The summed E-state index contributed by atoms with van der Waals surface area (Å²) in [7, 11) is 0. The van der Waals surface area contributed by atoms with Gasteiger partial charge in [0.1, 0.15) is 0 Å². The van der Waals surface area contributed by atoms with E-state index in [-0.39, 0.29) is 5.84 Å². The predicted octanol–water partition coefficient (Wildman–Crippen LogP) is 1.85. The summed E-state index contributed by atoms with van der Waals surface area (Å²) in [5.41, 5.74) is 5.51. The second kappa shape index (κ2) is 4.67. The van der Waals surface area contributed by atoms with Gasteiger partial charge in [-0.3, -0.25) is 0 Å². The van der Waals surface area contributed by atoms with E-state index < -0.39 is 0 Å². The number of aromatic nitrogens is 2. The van der Waals surface area contributed by atoms with Crippen molar-refractivity contribution in [2.75, 3.05) is 0 Å². The summed E-state index contributed by atoms with van der Waals surface area (Å²) in [5, 5.41) is 13.6. The van der Waals surface area contributed by atoms with Gasteiger partial charge < -0.3 is 15.5 Å². The number of nitrogens with zero attached hydrogens (tertiary/aromatic N) is 3. The molecule has 0 aromatic carbocycles. The highest BCUT2D eigenvalue weighted by Gasteiger charge is 2.10. The second-order valence-electron chi connectivity index (χ2n) is 3.06. The number of thiophene rings is 1. The Balaban J connectivity index is 2.29. The smallest absolute Gasteiger partial charge is 0.206 e. The Morgan fingerprint density at radius 3 is 3.12 bits per heavy atom. The molecule has 7 heteroatoms. The molecule has 0 spiro atoms. The highest BCUT2D eigenvalue weighted by Crippen LogP contribution is 2.23. The van der Waals surface area contributed by atoms with Gasteiger partial charge in [-0.15, -0.1) is 11.3 Å². The van der Waals surface area contributed by atoms with Crippen LogP contribution in [0.4, 0.5) is 0 Å². The first kappa shape index (κ1) is 11.2. The van der Waals surface area contributed by atoms with Crippen molar-refractivity contribution < 1.29 is 5.21 Å². The van der Waals surface area contributed by atoms with E-state index in [0.717, 1.165) is 9.35 Å². The van der Waals surface area contributed by atoms with Crippen LogP contribution in [0.1, 0.15) is 10.7 Å². The van der Waals surface area contributed by atoms with Crippen molar-refractivity contribution in [1.82, 2.24) is 9.55 Å². The molecule has 0 fully saturated rings. The molecule has 2 aromatic heterocycles. The molecule has 0 unspecified atom stereocenters. The van der Waals surface area contributed by atoms with Crippen molar-refractivity contribution in [1.29, 1.82) is 0 Å². The summed E-state index contributed by atoms with van der Waals surface area (Å²) in [5.74, 6) is 0.473. The second-order valence-corrected chi connectivity index (χ2v) is 4.91. The van der Waals surface area contributed by atoms with Crippen LogP contribution >= 0.6 is 27.3 Å². The number of nitrogens with two attached hydrogens (primary N) is 1. The Bertz CT molecular complexity index is 519. The first-order chi connectivity index (χ1) is 7.72. The van der Waals surface area contributed by atoms with Crippen LogP contribution in [-0.2, 0) is 6.54 Å². The minimum absolute atomic E-state index is 0.0117. The molecular formula is C9H9BrN4OS. The Morgan fingerprint density at radius 2 is 2.50 bits per heavy atom. The number of rotatable bonds is 3. The normalized spacial score (nSPS) is 11.9. The van der Waals surface area contributed by atoms with Crippen LogP contribution in [0.5, 0.6) is 0 Å². The highest BCUT2D eigenvalue weighted by atomic mass is 79.9. The first-order valence-corrected chi connectivity index (χ1v) is 6.10. The maximum absolute atomic E-state index is 8.61. The lowest BCUT2D eigenvalue weighted by atomic mass is 10.4. The van der Waals surface area contributed by atoms with Gasteiger partial charge in [-0.05, 0) is 27.4 Å². The summed E-state index contributed by atoms with van der Waals surface area (Å²) < 4.78 is 2.88. The molecule has 0 aliphatic carbocycles.